The predicted octanol–water partition coefficient (Wildman–Crippen LogP) is 2.20. The summed E-state index contributed by atoms with van der Waals surface area (Å²) in [5, 5.41) is 3.07. The van der Waals surface area contributed by atoms with Crippen LogP contribution in [-0.2, 0) is 14.3 Å². The standard InChI is InChI=1S/C17H24N2O3/c1-13-12-15(19-6-10-22-11-7-19)2-3-16(13)18-17(20)14-4-8-21-9-5-14/h2-3,12,14H,4-11H2,1H3,(H,18,20). The van der Waals surface area contributed by atoms with Crippen molar-refractivity contribution in [3.8, 4) is 0 Å². The fourth-order valence-electron chi connectivity index (χ4n) is 3.00. The molecule has 0 bridgehead atoms. The number of ether oxygens (including phenoxy) is 2. The highest BCUT2D eigenvalue weighted by atomic mass is 16.5. The number of benzene rings is 1. The van der Waals surface area contributed by atoms with E-state index in [1.165, 1.54) is 5.69 Å². The largest absolute Gasteiger partial charge is 0.381 e. The third kappa shape index (κ3) is 3.59. The van der Waals surface area contributed by atoms with Crippen LogP contribution in [-0.4, -0.2) is 45.4 Å². The summed E-state index contributed by atoms with van der Waals surface area (Å²) in [6, 6.07) is 6.24. The van der Waals surface area contributed by atoms with Gasteiger partial charge in [-0.1, -0.05) is 0 Å². The molecule has 1 amide bonds. The minimum Gasteiger partial charge on any atom is -0.381 e. The minimum absolute atomic E-state index is 0.0760. The topological polar surface area (TPSA) is 50.8 Å². The molecule has 3 rings (SSSR count). The molecule has 0 aliphatic carbocycles. The van der Waals surface area contributed by atoms with Crippen LogP contribution in [0.3, 0.4) is 0 Å². The smallest absolute Gasteiger partial charge is 0.227 e. The Kier molecular flexibility index (Phi) is 4.95. The Balaban J connectivity index is 1.65. The average molecular weight is 304 g/mol. The molecular weight excluding hydrogens is 280 g/mol. The summed E-state index contributed by atoms with van der Waals surface area (Å²) in [5.41, 5.74) is 3.21. The van der Waals surface area contributed by atoms with E-state index in [-0.39, 0.29) is 11.8 Å². The Morgan fingerprint density at radius 1 is 1.14 bits per heavy atom. The highest BCUT2D eigenvalue weighted by molar-refractivity contribution is 5.93. The number of hydrogen-bond donors (Lipinski definition) is 1. The van der Waals surface area contributed by atoms with Gasteiger partial charge in [-0.2, -0.15) is 0 Å². The van der Waals surface area contributed by atoms with Gasteiger partial charge in [0.05, 0.1) is 13.2 Å². The molecule has 120 valence electrons. The first-order valence-corrected chi connectivity index (χ1v) is 8.06. The molecule has 0 unspecified atom stereocenters. The maximum absolute atomic E-state index is 12.3. The quantitative estimate of drug-likeness (QED) is 0.930. The Hall–Kier alpha value is -1.59. The van der Waals surface area contributed by atoms with E-state index in [4.69, 9.17) is 9.47 Å². The number of nitrogens with zero attached hydrogens (tertiary/aromatic N) is 1. The van der Waals surface area contributed by atoms with Gasteiger partial charge in [0.15, 0.2) is 0 Å². The second-order valence-corrected chi connectivity index (χ2v) is 5.97. The molecule has 2 aliphatic heterocycles. The first-order chi connectivity index (χ1) is 10.7. The van der Waals surface area contributed by atoms with Crippen molar-refractivity contribution < 1.29 is 14.3 Å². The third-order valence-corrected chi connectivity index (χ3v) is 4.44. The highest BCUT2D eigenvalue weighted by Crippen LogP contribution is 2.25. The van der Waals surface area contributed by atoms with Gasteiger partial charge >= 0.3 is 0 Å². The highest BCUT2D eigenvalue weighted by Gasteiger charge is 2.22. The van der Waals surface area contributed by atoms with Gasteiger partial charge in [0.2, 0.25) is 5.91 Å². The monoisotopic (exact) mass is 304 g/mol. The van der Waals surface area contributed by atoms with Crippen molar-refractivity contribution in [3.63, 3.8) is 0 Å². The van der Waals surface area contributed by atoms with E-state index in [2.05, 4.69) is 22.3 Å². The lowest BCUT2D eigenvalue weighted by atomic mass is 9.99. The van der Waals surface area contributed by atoms with Gasteiger partial charge in [-0.05, 0) is 43.5 Å². The van der Waals surface area contributed by atoms with E-state index >= 15 is 0 Å². The molecule has 2 aliphatic rings. The molecule has 0 atom stereocenters. The summed E-state index contributed by atoms with van der Waals surface area (Å²) in [6.07, 6.45) is 1.63. The summed E-state index contributed by atoms with van der Waals surface area (Å²) in [7, 11) is 0. The Morgan fingerprint density at radius 3 is 2.50 bits per heavy atom. The van der Waals surface area contributed by atoms with E-state index in [9.17, 15) is 4.79 Å². The van der Waals surface area contributed by atoms with Crippen molar-refractivity contribution in [3.05, 3.63) is 23.8 Å². The minimum atomic E-state index is 0.0760. The van der Waals surface area contributed by atoms with Gasteiger partial charge in [-0.3, -0.25) is 4.79 Å². The van der Waals surface area contributed by atoms with E-state index in [0.29, 0.717) is 13.2 Å². The number of anilines is 2. The average Bonchev–Trinajstić information content (AvgIpc) is 2.58. The molecule has 2 heterocycles. The van der Waals surface area contributed by atoms with E-state index < -0.39 is 0 Å². The normalized spacial score (nSPS) is 20.0. The molecule has 0 aromatic heterocycles. The van der Waals surface area contributed by atoms with Gasteiger partial charge < -0.3 is 19.7 Å². The van der Waals surface area contributed by atoms with Gasteiger partial charge in [-0.15, -0.1) is 0 Å². The maximum atomic E-state index is 12.3. The van der Waals surface area contributed by atoms with Crippen molar-refractivity contribution >= 4 is 17.3 Å². The zero-order valence-electron chi connectivity index (χ0n) is 13.1. The number of nitrogens with one attached hydrogen (secondary N) is 1. The molecule has 5 nitrogen and oxygen atoms in total. The zero-order valence-corrected chi connectivity index (χ0v) is 13.1. The third-order valence-electron chi connectivity index (χ3n) is 4.44. The van der Waals surface area contributed by atoms with Crippen molar-refractivity contribution in [2.24, 2.45) is 5.92 Å². The summed E-state index contributed by atoms with van der Waals surface area (Å²) < 4.78 is 10.7. The van der Waals surface area contributed by atoms with Gasteiger partial charge in [0.1, 0.15) is 0 Å². The zero-order chi connectivity index (χ0) is 15.4. The summed E-state index contributed by atoms with van der Waals surface area (Å²) >= 11 is 0. The number of carbonyl (C=O) groups excluding carboxylic acids is 1. The van der Waals surface area contributed by atoms with Gasteiger partial charge in [0.25, 0.3) is 0 Å². The molecule has 0 spiro atoms. The van der Waals surface area contributed by atoms with E-state index in [0.717, 1.165) is 50.4 Å². The number of carbonyl (C=O) groups is 1. The van der Waals surface area contributed by atoms with Crippen LogP contribution < -0.4 is 10.2 Å². The van der Waals surface area contributed by atoms with Gasteiger partial charge in [0, 0.05) is 43.6 Å². The van der Waals surface area contributed by atoms with Crippen molar-refractivity contribution in [2.45, 2.75) is 19.8 Å². The van der Waals surface area contributed by atoms with Gasteiger partial charge in [-0.25, -0.2) is 0 Å². The van der Waals surface area contributed by atoms with Crippen LogP contribution in [0.2, 0.25) is 0 Å². The van der Waals surface area contributed by atoms with Crippen molar-refractivity contribution in [2.75, 3.05) is 49.7 Å². The second kappa shape index (κ2) is 7.11. The van der Waals surface area contributed by atoms with E-state index in [1.54, 1.807) is 0 Å². The van der Waals surface area contributed by atoms with Crippen LogP contribution in [0.4, 0.5) is 11.4 Å². The van der Waals surface area contributed by atoms with Crippen molar-refractivity contribution in [1.82, 2.24) is 0 Å². The Morgan fingerprint density at radius 2 is 1.82 bits per heavy atom. The lowest BCUT2D eigenvalue weighted by Crippen LogP contribution is -2.36. The number of amides is 1. The Bertz CT molecular complexity index is 521. The molecule has 22 heavy (non-hydrogen) atoms. The molecule has 1 N–H and O–H groups in total. The predicted molar refractivity (Wildman–Crippen MR) is 86.4 cm³/mol. The number of aryl methyl sites for hydroxylation is 1. The maximum Gasteiger partial charge on any atom is 0.227 e. The molecule has 2 fully saturated rings. The molecule has 1 aromatic rings. The first kappa shape index (κ1) is 15.3. The summed E-state index contributed by atoms with van der Waals surface area (Å²) in [5.74, 6) is 0.192. The summed E-state index contributed by atoms with van der Waals surface area (Å²) in [4.78, 5) is 14.6. The molecule has 0 saturated carbocycles. The van der Waals surface area contributed by atoms with Crippen LogP contribution in [0, 0.1) is 12.8 Å². The van der Waals surface area contributed by atoms with Crippen LogP contribution in [0.5, 0.6) is 0 Å². The number of hydrogen-bond acceptors (Lipinski definition) is 4. The lowest BCUT2D eigenvalue weighted by molar-refractivity contribution is -0.122. The number of morpholine rings is 1. The van der Waals surface area contributed by atoms with Crippen molar-refractivity contribution in [1.29, 1.82) is 0 Å². The second-order valence-electron chi connectivity index (χ2n) is 5.97. The molecule has 1 aromatic carbocycles. The van der Waals surface area contributed by atoms with Crippen LogP contribution in [0.15, 0.2) is 18.2 Å². The molecular formula is C17H24N2O3. The first-order valence-electron chi connectivity index (χ1n) is 8.06. The summed E-state index contributed by atoms with van der Waals surface area (Å²) in [6.45, 7) is 6.83. The number of rotatable bonds is 3. The molecule has 0 radical (unpaired) electrons. The lowest BCUT2D eigenvalue weighted by Gasteiger charge is -2.29. The van der Waals surface area contributed by atoms with Crippen LogP contribution in [0.1, 0.15) is 18.4 Å². The SMILES string of the molecule is Cc1cc(N2CCOCC2)ccc1NC(=O)C1CCOCC1. The fourth-order valence-corrected chi connectivity index (χ4v) is 3.00. The fraction of sp³-hybridized carbons (Fsp3) is 0.588. The molecule has 2 saturated heterocycles. The van der Waals surface area contributed by atoms with Crippen LogP contribution in [0.25, 0.3) is 0 Å². The van der Waals surface area contributed by atoms with Crippen LogP contribution >= 0.6 is 0 Å². The van der Waals surface area contributed by atoms with E-state index in [1.807, 2.05) is 13.0 Å². The Labute approximate surface area is 131 Å². The molecule has 5 heteroatoms.